The maximum atomic E-state index is 11.5. The van der Waals surface area contributed by atoms with Crippen LogP contribution in [0.3, 0.4) is 0 Å². The summed E-state index contributed by atoms with van der Waals surface area (Å²) in [5.74, 6) is 2.22. The molecule has 4 unspecified atom stereocenters. The molecule has 3 rings (SSSR count). The fourth-order valence-corrected chi connectivity index (χ4v) is 4.04. The van der Waals surface area contributed by atoms with E-state index < -0.39 is 0 Å². The van der Waals surface area contributed by atoms with Crippen molar-refractivity contribution >= 4 is 5.78 Å². The predicted molar refractivity (Wildman–Crippen MR) is 46.7 cm³/mol. The molecule has 3 saturated carbocycles. The maximum absolute atomic E-state index is 11.5. The van der Waals surface area contributed by atoms with Crippen LogP contribution in [0, 0.1) is 22.7 Å². The Morgan fingerprint density at radius 2 is 2.17 bits per heavy atom. The topological polar surface area (TPSA) is 17.1 Å². The average molecular weight is 164 g/mol. The summed E-state index contributed by atoms with van der Waals surface area (Å²) in [5, 5.41) is 0. The smallest absolute Gasteiger partial charge is 0.136 e. The number of Topliss-reactive ketones (excluding diaryl/α,β-unsaturated/α-hetero) is 1. The predicted octanol–water partition coefficient (Wildman–Crippen LogP) is 2.40. The van der Waals surface area contributed by atoms with Crippen molar-refractivity contribution in [1.82, 2.24) is 0 Å². The van der Waals surface area contributed by atoms with Crippen LogP contribution >= 0.6 is 0 Å². The van der Waals surface area contributed by atoms with E-state index in [4.69, 9.17) is 0 Å². The van der Waals surface area contributed by atoms with Crippen LogP contribution in [0.1, 0.15) is 39.5 Å². The molecule has 3 fully saturated rings. The summed E-state index contributed by atoms with van der Waals surface area (Å²) >= 11 is 0. The first-order valence-electron chi connectivity index (χ1n) is 5.12. The largest absolute Gasteiger partial charge is 0.299 e. The van der Waals surface area contributed by atoms with Crippen LogP contribution in [-0.4, -0.2) is 5.78 Å². The van der Waals surface area contributed by atoms with E-state index in [1.54, 1.807) is 0 Å². The molecule has 0 amide bonds. The molecule has 1 heteroatoms. The number of hydrogen-bond donors (Lipinski definition) is 0. The van der Waals surface area contributed by atoms with E-state index in [0.717, 1.165) is 11.8 Å². The van der Waals surface area contributed by atoms with Gasteiger partial charge in [-0.15, -0.1) is 0 Å². The van der Waals surface area contributed by atoms with E-state index in [1.165, 1.54) is 25.7 Å². The third kappa shape index (κ3) is 0.541. The van der Waals surface area contributed by atoms with Gasteiger partial charge in [-0.2, -0.15) is 0 Å². The summed E-state index contributed by atoms with van der Waals surface area (Å²) in [5.41, 5.74) is 0.751. The van der Waals surface area contributed by atoms with Gasteiger partial charge < -0.3 is 0 Å². The van der Waals surface area contributed by atoms with Crippen molar-refractivity contribution in [2.24, 2.45) is 22.7 Å². The molecule has 1 spiro atoms. The average Bonchev–Trinajstić information content (AvgIpc) is 2.73. The molecule has 0 aromatic rings. The second-order valence-electron chi connectivity index (χ2n) is 5.42. The van der Waals surface area contributed by atoms with Gasteiger partial charge in [0.15, 0.2) is 0 Å². The molecule has 0 heterocycles. The number of hydrogen-bond acceptors (Lipinski definition) is 1. The molecule has 12 heavy (non-hydrogen) atoms. The van der Waals surface area contributed by atoms with Gasteiger partial charge in [-0.1, -0.05) is 6.92 Å². The third-order valence-corrected chi connectivity index (χ3v) is 4.74. The highest BCUT2D eigenvalue weighted by molar-refractivity contribution is 5.88. The Bertz CT molecular complexity index is 270. The van der Waals surface area contributed by atoms with E-state index in [1.807, 2.05) is 6.92 Å². The van der Waals surface area contributed by atoms with E-state index in [0.29, 0.717) is 11.2 Å². The summed E-state index contributed by atoms with van der Waals surface area (Å²) in [4.78, 5) is 11.5. The molecule has 3 aliphatic carbocycles. The molecular weight excluding hydrogens is 148 g/mol. The standard InChI is InChI=1S/C11H16O/c1-7-3-9-5-11(9)6-10(11,4-7)8(2)12/h7,9H,3-6H2,1-2H3. The molecule has 66 valence electrons. The van der Waals surface area contributed by atoms with Crippen molar-refractivity contribution in [3.8, 4) is 0 Å². The lowest BCUT2D eigenvalue weighted by molar-refractivity contribution is -0.123. The van der Waals surface area contributed by atoms with Gasteiger partial charge in [-0.25, -0.2) is 0 Å². The van der Waals surface area contributed by atoms with E-state index in [-0.39, 0.29) is 5.41 Å². The zero-order valence-corrected chi connectivity index (χ0v) is 7.89. The van der Waals surface area contributed by atoms with Gasteiger partial charge in [0.1, 0.15) is 5.78 Å². The molecule has 4 atom stereocenters. The van der Waals surface area contributed by atoms with Gasteiger partial charge in [-0.05, 0) is 49.9 Å². The normalized spacial score (nSPS) is 60.2. The summed E-state index contributed by atoms with van der Waals surface area (Å²) in [6.07, 6.45) is 5.20. The quantitative estimate of drug-likeness (QED) is 0.581. The Morgan fingerprint density at radius 3 is 2.83 bits per heavy atom. The second kappa shape index (κ2) is 1.64. The van der Waals surface area contributed by atoms with Crippen LogP contribution < -0.4 is 0 Å². The minimum atomic E-state index is 0.190. The Morgan fingerprint density at radius 1 is 1.42 bits per heavy atom. The molecule has 1 nitrogen and oxygen atoms in total. The van der Waals surface area contributed by atoms with Crippen LogP contribution in [0.15, 0.2) is 0 Å². The third-order valence-electron chi connectivity index (χ3n) is 4.74. The van der Waals surface area contributed by atoms with Gasteiger partial charge in [0, 0.05) is 5.41 Å². The molecule has 0 aliphatic heterocycles. The zero-order valence-electron chi connectivity index (χ0n) is 7.89. The van der Waals surface area contributed by atoms with Crippen LogP contribution in [-0.2, 0) is 4.79 Å². The van der Waals surface area contributed by atoms with Crippen molar-refractivity contribution in [2.45, 2.75) is 39.5 Å². The monoisotopic (exact) mass is 164 g/mol. The lowest BCUT2D eigenvalue weighted by atomic mass is 9.80. The van der Waals surface area contributed by atoms with Crippen molar-refractivity contribution in [3.05, 3.63) is 0 Å². The molecular formula is C11H16O. The molecule has 0 aromatic carbocycles. The number of carbonyl (C=O) groups excluding carboxylic acids is 1. The summed E-state index contributed by atoms with van der Waals surface area (Å²) in [6, 6.07) is 0. The van der Waals surface area contributed by atoms with Crippen molar-refractivity contribution in [1.29, 1.82) is 0 Å². The Labute approximate surface area is 73.5 Å². The van der Waals surface area contributed by atoms with Crippen molar-refractivity contribution in [3.63, 3.8) is 0 Å². The van der Waals surface area contributed by atoms with Gasteiger partial charge >= 0.3 is 0 Å². The summed E-state index contributed by atoms with van der Waals surface area (Å²) < 4.78 is 0. The minimum absolute atomic E-state index is 0.190. The van der Waals surface area contributed by atoms with Gasteiger partial charge in [0.05, 0.1) is 0 Å². The van der Waals surface area contributed by atoms with Crippen LogP contribution in [0.2, 0.25) is 0 Å². The van der Waals surface area contributed by atoms with E-state index in [9.17, 15) is 4.79 Å². The molecule has 3 aliphatic rings. The van der Waals surface area contributed by atoms with E-state index >= 15 is 0 Å². The van der Waals surface area contributed by atoms with Gasteiger partial charge in [-0.3, -0.25) is 4.79 Å². The lowest BCUT2D eigenvalue weighted by Gasteiger charge is -2.23. The minimum Gasteiger partial charge on any atom is -0.299 e. The molecule has 0 aromatic heterocycles. The fourth-order valence-electron chi connectivity index (χ4n) is 4.04. The number of rotatable bonds is 1. The Kier molecular flexibility index (Phi) is 0.971. The van der Waals surface area contributed by atoms with Crippen molar-refractivity contribution < 1.29 is 4.79 Å². The van der Waals surface area contributed by atoms with Crippen molar-refractivity contribution in [2.75, 3.05) is 0 Å². The first kappa shape index (κ1) is 7.11. The van der Waals surface area contributed by atoms with E-state index in [2.05, 4.69) is 6.92 Å². The van der Waals surface area contributed by atoms with Crippen LogP contribution in [0.4, 0.5) is 0 Å². The highest BCUT2D eigenvalue weighted by atomic mass is 16.1. The number of ketones is 1. The first-order valence-corrected chi connectivity index (χ1v) is 5.12. The maximum Gasteiger partial charge on any atom is 0.136 e. The first-order chi connectivity index (χ1) is 5.61. The second-order valence-corrected chi connectivity index (χ2v) is 5.42. The van der Waals surface area contributed by atoms with Gasteiger partial charge in [0.2, 0.25) is 0 Å². The molecule has 0 radical (unpaired) electrons. The SMILES string of the molecule is CC(=O)C12CC(C)CC3CC31C2. The highest BCUT2D eigenvalue weighted by Crippen LogP contribution is 2.87. The highest BCUT2D eigenvalue weighted by Gasteiger charge is 2.82. The lowest BCUT2D eigenvalue weighted by Crippen LogP contribution is -2.23. The Balaban J connectivity index is 1.95. The van der Waals surface area contributed by atoms with Gasteiger partial charge in [0.25, 0.3) is 0 Å². The number of carbonyl (C=O) groups is 1. The summed E-state index contributed by atoms with van der Waals surface area (Å²) in [6.45, 7) is 4.12. The molecule has 0 saturated heterocycles. The molecule has 0 N–H and O–H groups in total. The van der Waals surface area contributed by atoms with Crippen LogP contribution in [0.5, 0.6) is 0 Å². The molecule has 0 bridgehead atoms. The summed E-state index contributed by atoms with van der Waals surface area (Å²) in [7, 11) is 0. The fraction of sp³-hybridized carbons (Fsp3) is 0.909. The Hall–Kier alpha value is -0.330. The zero-order chi connectivity index (χ0) is 8.56. The van der Waals surface area contributed by atoms with Crippen LogP contribution in [0.25, 0.3) is 0 Å².